The van der Waals surface area contributed by atoms with Crippen LogP contribution in [0.5, 0.6) is 5.88 Å². The van der Waals surface area contributed by atoms with Crippen molar-refractivity contribution >= 4 is 11.8 Å². The average molecular weight is 419 g/mol. The predicted molar refractivity (Wildman–Crippen MR) is 117 cm³/mol. The lowest BCUT2D eigenvalue weighted by molar-refractivity contribution is -0.123. The molecule has 160 valence electrons. The highest BCUT2D eigenvalue weighted by Crippen LogP contribution is 2.17. The van der Waals surface area contributed by atoms with Crippen molar-refractivity contribution in [3.05, 3.63) is 95.7 Å². The second kappa shape index (κ2) is 11.5. The highest BCUT2D eigenvalue weighted by Gasteiger charge is 2.23. The third-order valence-electron chi connectivity index (χ3n) is 4.54. The van der Waals surface area contributed by atoms with Gasteiger partial charge in [0.2, 0.25) is 11.8 Å². The summed E-state index contributed by atoms with van der Waals surface area (Å²) in [5.74, 6) is -0.221. The van der Waals surface area contributed by atoms with Crippen molar-refractivity contribution in [1.82, 2.24) is 15.6 Å². The molecule has 2 amide bonds. The standard InChI is InChI=1S/C24H25N3O4/c1-30-15-16-31-24-20(13-8-14-25-24)17-26-23(29)21(18-9-4-2-5-10-18)27-22(28)19-11-6-3-7-12-19/h2-14,21H,15-17H2,1H3,(H,26,29)(H,27,28). The Hall–Kier alpha value is -3.71. The fourth-order valence-electron chi connectivity index (χ4n) is 2.94. The summed E-state index contributed by atoms with van der Waals surface area (Å²) in [6.45, 7) is 0.998. The third kappa shape index (κ3) is 6.38. The van der Waals surface area contributed by atoms with Gasteiger partial charge < -0.3 is 20.1 Å². The first-order valence-electron chi connectivity index (χ1n) is 9.93. The van der Waals surface area contributed by atoms with E-state index in [4.69, 9.17) is 9.47 Å². The van der Waals surface area contributed by atoms with Gasteiger partial charge in [-0.25, -0.2) is 4.98 Å². The predicted octanol–water partition coefficient (Wildman–Crippen LogP) is 2.89. The largest absolute Gasteiger partial charge is 0.475 e. The number of benzene rings is 2. The van der Waals surface area contributed by atoms with E-state index in [1.54, 1.807) is 55.8 Å². The molecule has 7 nitrogen and oxygen atoms in total. The molecule has 0 spiro atoms. The molecule has 0 radical (unpaired) electrons. The summed E-state index contributed by atoms with van der Waals surface area (Å²) in [5.41, 5.74) is 1.90. The van der Waals surface area contributed by atoms with Crippen molar-refractivity contribution in [2.45, 2.75) is 12.6 Å². The van der Waals surface area contributed by atoms with Gasteiger partial charge in [0.15, 0.2) is 0 Å². The topological polar surface area (TPSA) is 89.6 Å². The second-order valence-corrected chi connectivity index (χ2v) is 6.71. The molecule has 0 aliphatic carbocycles. The summed E-state index contributed by atoms with van der Waals surface area (Å²) in [4.78, 5) is 29.9. The molecule has 1 unspecified atom stereocenters. The molecule has 0 saturated heterocycles. The van der Waals surface area contributed by atoms with E-state index in [0.29, 0.717) is 30.2 Å². The number of nitrogens with one attached hydrogen (secondary N) is 2. The van der Waals surface area contributed by atoms with Crippen molar-refractivity contribution in [2.24, 2.45) is 0 Å². The minimum atomic E-state index is -0.844. The Balaban J connectivity index is 1.72. The van der Waals surface area contributed by atoms with Crippen LogP contribution in [0.1, 0.15) is 27.5 Å². The number of amides is 2. The summed E-state index contributed by atoms with van der Waals surface area (Å²) in [7, 11) is 1.59. The second-order valence-electron chi connectivity index (χ2n) is 6.71. The fraction of sp³-hybridized carbons (Fsp3) is 0.208. The van der Waals surface area contributed by atoms with Crippen molar-refractivity contribution in [2.75, 3.05) is 20.3 Å². The maximum absolute atomic E-state index is 13.0. The van der Waals surface area contributed by atoms with Crippen LogP contribution in [0.3, 0.4) is 0 Å². The van der Waals surface area contributed by atoms with E-state index in [0.717, 1.165) is 5.56 Å². The van der Waals surface area contributed by atoms with Gasteiger partial charge in [0.05, 0.1) is 6.61 Å². The highest BCUT2D eigenvalue weighted by molar-refractivity contribution is 5.97. The summed E-state index contributed by atoms with van der Waals surface area (Å²) in [6, 6.07) is 20.7. The molecule has 1 atom stereocenters. The van der Waals surface area contributed by atoms with Crippen LogP contribution in [0.25, 0.3) is 0 Å². The van der Waals surface area contributed by atoms with Crippen LogP contribution >= 0.6 is 0 Å². The van der Waals surface area contributed by atoms with Crippen LogP contribution in [-0.4, -0.2) is 37.1 Å². The van der Waals surface area contributed by atoms with Gasteiger partial charge in [-0.3, -0.25) is 9.59 Å². The number of pyridine rings is 1. The smallest absolute Gasteiger partial charge is 0.252 e. The van der Waals surface area contributed by atoms with E-state index in [1.807, 2.05) is 30.3 Å². The van der Waals surface area contributed by atoms with E-state index in [2.05, 4.69) is 15.6 Å². The first-order chi connectivity index (χ1) is 15.2. The molecule has 3 aromatic rings. The lowest BCUT2D eigenvalue weighted by Gasteiger charge is -2.19. The molecule has 0 aliphatic rings. The number of hydrogen-bond donors (Lipinski definition) is 2. The molecule has 0 aliphatic heterocycles. The van der Waals surface area contributed by atoms with Crippen molar-refractivity contribution < 1.29 is 19.1 Å². The Morgan fingerprint density at radius 2 is 1.65 bits per heavy atom. The first kappa shape index (κ1) is 22.0. The maximum Gasteiger partial charge on any atom is 0.252 e. The molecule has 2 N–H and O–H groups in total. The van der Waals surface area contributed by atoms with Crippen LogP contribution in [0.15, 0.2) is 79.0 Å². The fourth-order valence-corrected chi connectivity index (χ4v) is 2.94. The lowest BCUT2D eigenvalue weighted by atomic mass is 10.1. The molecule has 1 aromatic heterocycles. The zero-order valence-corrected chi connectivity index (χ0v) is 17.3. The number of rotatable bonds is 10. The molecular formula is C24H25N3O4. The Bertz CT molecular complexity index is 980. The molecule has 1 heterocycles. The molecule has 0 saturated carbocycles. The normalized spacial score (nSPS) is 11.4. The van der Waals surface area contributed by atoms with Gasteiger partial charge in [0, 0.05) is 31.0 Å². The lowest BCUT2D eigenvalue weighted by Crippen LogP contribution is -2.40. The zero-order chi connectivity index (χ0) is 21.9. The van der Waals surface area contributed by atoms with E-state index >= 15 is 0 Å². The number of nitrogens with zero attached hydrogens (tertiary/aromatic N) is 1. The third-order valence-corrected chi connectivity index (χ3v) is 4.54. The number of carbonyl (C=O) groups is 2. The zero-order valence-electron chi connectivity index (χ0n) is 17.3. The minimum absolute atomic E-state index is 0.208. The Kier molecular flexibility index (Phi) is 8.13. The molecule has 7 heteroatoms. The number of methoxy groups -OCH3 is 1. The van der Waals surface area contributed by atoms with E-state index in [-0.39, 0.29) is 18.4 Å². The van der Waals surface area contributed by atoms with E-state index < -0.39 is 6.04 Å². The van der Waals surface area contributed by atoms with Gasteiger partial charge >= 0.3 is 0 Å². The summed E-state index contributed by atoms with van der Waals surface area (Å²) < 4.78 is 10.6. The molecule has 31 heavy (non-hydrogen) atoms. The van der Waals surface area contributed by atoms with Crippen LogP contribution in [0.4, 0.5) is 0 Å². The highest BCUT2D eigenvalue weighted by atomic mass is 16.5. The number of aromatic nitrogens is 1. The van der Waals surface area contributed by atoms with E-state index in [9.17, 15) is 9.59 Å². The quantitative estimate of drug-likeness (QED) is 0.493. The van der Waals surface area contributed by atoms with Crippen LogP contribution in [0, 0.1) is 0 Å². The number of ether oxygens (including phenoxy) is 2. The minimum Gasteiger partial charge on any atom is -0.475 e. The summed E-state index contributed by atoms with van der Waals surface area (Å²) in [6.07, 6.45) is 1.63. The van der Waals surface area contributed by atoms with Gasteiger partial charge in [-0.2, -0.15) is 0 Å². The summed E-state index contributed by atoms with van der Waals surface area (Å²) in [5, 5.41) is 5.71. The Labute approximate surface area is 181 Å². The van der Waals surface area contributed by atoms with Crippen LogP contribution < -0.4 is 15.4 Å². The van der Waals surface area contributed by atoms with Gasteiger partial charge in [-0.15, -0.1) is 0 Å². The average Bonchev–Trinajstić information content (AvgIpc) is 2.83. The van der Waals surface area contributed by atoms with Gasteiger partial charge in [-0.1, -0.05) is 54.6 Å². The molecule has 2 aromatic carbocycles. The van der Waals surface area contributed by atoms with Crippen molar-refractivity contribution in [3.63, 3.8) is 0 Å². The molecule has 0 bridgehead atoms. The molecular weight excluding hydrogens is 394 g/mol. The number of hydrogen-bond acceptors (Lipinski definition) is 5. The summed E-state index contributed by atoms with van der Waals surface area (Å²) >= 11 is 0. The SMILES string of the molecule is COCCOc1ncccc1CNC(=O)C(NC(=O)c1ccccc1)c1ccccc1. The Morgan fingerprint density at radius 1 is 0.935 bits per heavy atom. The Morgan fingerprint density at radius 3 is 2.35 bits per heavy atom. The maximum atomic E-state index is 13.0. The van der Waals surface area contributed by atoms with E-state index in [1.165, 1.54) is 0 Å². The van der Waals surface area contributed by atoms with Gasteiger partial charge in [0.1, 0.15) is 12.6 Å². The number of carbonyl (C=O) groups excluding carboxylic acids is 2. The first-order valence-corrected chi connectivity index (χ1v) is 9.93. The van der Waals surface area contributed by atoms with Crippen molar-refractivity contribution in [1.29, 1.82) is 0 Å². The van der Waals surface area contributed by atoms with Gasteiger partial charge in [0.25, 0.3) is 5.91 Å². The monoisotopic (exact) mass is 419 g/mol. The van der Waals surface area contributed by atoms with Crippen molar-refractivity contribution in [3.8, 4) is 5.88 Å². The molecule has 0 fully saturated rings. The van der Waals surface area contributed by atoms with Crippen LogP contribution in [0.2, 0.25) is 0 Å². The van der Waals surface area contributed by atoms with Crippen LogP contribution in [-0.2, 0) is 16.1 Å². The molecule has 3 rings (SSSR count). The van der Waals surface area contributed by atoms with Gasteiger partial charge in [-0.05, 0) is 23.8 Å².